The van der Waals surface area contributed by atoms with E-state index in [0.29, 0.717) is 0 Å². The predicted molar refractivity (Wildman–Crippen MR) is 70.7 cm³/mol. The first-order valence-corrected chi connectivity index (χ1v) is 6.41. The Hall–Kier alpha value is -1.68. The molecule has 0 aliphatic rings. The average Bonchev–Trinajstić information content (AvgIpc) is 2.87. The zero-order valence-corrected chi connectivity index (χ0v) is 10.9. The second-order valence-corrected chi connectivity index (χ2v) is 4.30. The lowest BCUT2D eigenvalue weighted by atomic mass is 10.2. The van der Waals surface area contributed by atoms with Crippen molar-refractivity contribution in [1.29, 1.82) is 0 Å². The van der Waals surface area contributed by atoms with Crippen molar-refractivity contribution in [1.82, 2.24) is 14.5 Å². The number of aliphatic hydroxyl groups is 1. The zero-order chi connectivity index (χ0) is 13.0. The van der Waals surface area contributed by atoms with Crippen molar-refractivity contribution in [3.8, 4) is 5.82 Å². The van der Waals surface area contributed by atoms with Crippen LogP contribution in [0.2, 0.25) is 0 Å². The molecule has 0 aromatic carbocycles. The number of aromatic nitrogens is 3. The van der Waals surface area contributed by atoms with E-state index in [-0.39, 0.29) is 6.61 Å². The maximum Gasteiger partial charge on any atom is 0.138 e. The highest BCUT2D eigenvalue weighted by molar-refractivity contribution is 5.32. The standard InChI is InChI=1S/C14H19N3O/c1-3-5-13-15-6-7-17(13)14-9-11(10-18)8-12(4-2)16-14/h6-9,18H,3-5,10H2,1-2H3. The Labute approximate surface area is 107 Å². The van der Waals surface area contributed by atoms with E-state index in [9.17, 15) is 5.11 Å². The Morgan fingerprint density at radius 2 is 2.11 bits per heavy atom. The minimum absolute atomic E-state index is 0.0420. The van der Waals surface area contributed by atoms with Gasteiger partial charge in [0.25, 0.3) is 0 Å². The van der Waals surface area contributed by atoms with Gasteiger partial charge in [-0.2, -0.15) is 0 Å². The quantitative estimate of drug-likeness (QED) is 0.879. The highest BCUT2D eigenvalue weighted by Gasteiger charge is 2.07. The van der Waals surface area contributed by atoms with E-state index in [1.807, 2.05) is 22.9 Å². The molecule has 0 spiro atoms. The van der Waals surface area contributed by atoms with Crippen LogP contribution in [0.15, 0.2) is 24.5 Å². The Bertz CT molecular complexity index is 497. The third kappa shape index (κ3) is 2.59. The molecule has 4 heteroatoms. The van der Waals surface area contributed by atoms with Gasteiger partial charge in [-0.25, -0.2) is 9.97 Å². The van der Waals surface area contributed by atoms with Crippen molar-refractivity contribution in [2.75, 3.05) is 0 Å². The fraction of sp³-hybridized carbons (Fsp3) is 0.429. The zero-order valence-electron chi connectivity index (χ0n) is 10.9. The van der Waals surface area contributed by atoms with E-state index in [4.69, 9.17) is 0 Å². The molecule has 0 unspecified atom stereocenters. The van der Waals surface area contributed by atoms with Crippen molar-refractivity contribution >= 4 is 0 Å². The van der Waals surface area contributed by atoms with Crippen LogP contribution in [0.5, 0.6) is 0 Å². The number of hydrogen-bond donors (Lipinski definition) is 1. The molecular weight excluding hydrogens is 226 g/mol. The Morgan fingerprint density at radius 3 is 2.78 bits per heavy atom. The number of aliphatic hydroxyl groups excluding tert-OH is 1. The molecule has 96 valence electrons. The molecule has 0 atom stereocenters. The van der Waals surface area contributed by atoms with Gasteiger partial charge in [0.15, 0.2) is 0 Å². The van der Waals surface area contributed by atoms with E-state index in [1.165, 1.54) is 0 Å². The van der Waals surface area contributed by atoms with Crippen LogP contribution in [0.3, 0.4) is 0 Å². The smallest absolute Gasteiger partial charge is 0.138 e. The Morgan fingerprint density at radius 1 is 1.28 bits per heavy atom. The number of imidazole rings is 1. The number of pyridine rings is 1. The number of aryl methyl sites for hydroxylation is 2. The molecule has 0 saturated carbocycles. The SMILES string of the molecule is CCCc1nccn1-c1cc(CO)cc(CC)n1. The number of rotatable bonds is 5. The van der Waals surface area contributed by atoms with Gasteiger partial charge in [0.2, 0.25) is 0 Å². The topological polar surface area (TPSA) is 50.9 Å². The average molecular weight is 245 g/mol. The van der Waals surface area contributed by atoms with Crippen LogP contribution in [0.25, 0.3) is 5.82 Å². The van der Waals surface area contributed by atoms with Gasteiger partial charge in [0, 0.05) is 24.5 Å². The van der Waals surface area contributed by atoms with E-state index in [2.05, 4.69) is 23.8 Å². The summed E-state index contributed by atoms with van der Waals surface area (Å²) in [6.45, 7) is 4.24. The second kappa shape index (κ2) is 5.78. The lowest BCUT2D eigenvalue weighted by Gasteiger charge is -2.09. The molecule has 4 nitrogen and oxygen atoms in total. The fourth-order valence-electron chi connectivity index (χ4n) is 1.98. The van der Waals surface area contributed by atoms with E-state index >= 15 is 0 Å². The van der Waals surface area contributed by atoms with Gasteiger partial charge in [-0.15, -0.1) is 0 Å². The van der Waals surface area contributed by atoms with Gasteiger partial charge < -0.3 is 5.11 Å². The van der Waals surface area contributed by atoms with Crippen LogP contribution < -0.4 is 0 Å². The van der Waals surface area contributed by atoms with Gasteiger partial charge in [-0.05, 0) is 30.5 Å². The van der Waals surface area contributed by atoms with E-state index < -0.39 is 0 Å². The molecule has 0 radical (unpaired) electrons. The highest BCUT2D eigenvalue weighted by atomic mass is 16.3. The molecule has 1 N–H and O–H groups in total. The first kappa shape index (κ1) is 12.8. The summed E-state index contributed by atoms with van der Waals surface area (Å²) < 4.78 is 2.00. The van der Waals surface area contributed by atoms with Crippen LogP contribution >= 0.6 is 0 Å². The largest absolute Gasteiger partial charge is 0.392 e. The van der Waals surface area contributed by atoms with Crippen LogP contribution in [0.1, 0.15) is 37.4 Å². The predicted octanol–water partition coefficient (Wildman–Crippen LogP) is 2.27. The minimum Gasteiger partial charge on any atom is -0.392 e. The molecule has 2 heterocycles. The Balaban J connectivity index is 2.45. The summed E-state index contributed by atoms with van der Waals surface area (Å²) in [4.78, 5) is 8.95. The summed E-state index contributed by atoms with van der Waals surface area (Å²) >= 11 is 0. The van der Waals surface area contributed by atoms with Gasteiger partial charge in [0.05, 0.1) is 6.61 Å². The monoisotopic (exact) mass is 245 g/mol. The molecular formula is C14H19N3O. The van der Waals surface area contributed by atoms with Crippen molar-refractivity contribution in [2.45, 2.75) is 39.7 Å². The van der Waals surface area contributed by atoms with Gasteiger partial charge in [-0.1, -0.05) is 13.8 Å². The maximum atomic E-state index is 9.30. The van der Waals surface area contributed by atoms with Crippen LogP contribution in [-0.2, 0) is 19.4 Å². The summed E-state index contributed by atoms with van der Waals surface area (Å²) in [7, 11) is 0. The molecule has 0 saturated heterocycles. The van der Waals surface area contributed by atoms with Crippen molar-refractivity contribution < 1.29 is 5.11 Å². The van der Waals surface area contributed by atoms with E-state index in [1.54, 1.807) is 6.20 Å². The molecule has 0 aliphatic heterocycles. The molecule has 0 fully saturated rings. The molecule has 0 bridgehead atoms. The summed E-state index contributed by atoms with van der Waals surface area (Å²) in [6, 6.07) is 3.86. The third-order valence-corrected chi connectivity index (χ3v) is 2.91. The molecule has 2 aromatic rings. The number of hydrogen-bond acceptors (Lipinski definition) is 3. The minimum atomic E-state index is 0.0420. The third-order valence-electron chi connectivity index (χ3n) is 2.91. The lowest BCUT2D eigenvalue weighted by molar-refractivity contribution is 0.281. The van der Waals surface area contributed by atoms with Crippen LogP contribution in [0, 0.1) is 0 Å². The molecule has 2 aromatic heterocycles. The van der Waals surface area contributed by atoms with Crippen molar-refractivity contribution in [3.63, 3.8) is 0 Å². The maximum absolute atomic E-state index is 9.30. The molecule has 0 aliphatic carbocycles. The summed E-state index contributed by atoms with van der Waals surface area (Å²) in [5.41, 5.74) is 1.89. The summed E-state index contributed by atoms with van der Waals surface area (Å²) in [6.07, 6.45) is 6.56. The summed E-state index contributed by atoms with van der Waals surface area (Å²) in [5, 5.41) is 9.30. The van der Waals surface area contributed by atoms with Crippen LogP contribution in [0.4, 0.5) is 0 Å². The summed E-state index contributed by atoms with van der Waals surface area (Å²) in [5.74, 6) is 1.86. The van der Waals surface area contributed by atoms with Gasteiger partial charge in [-0.3, -0.25) is 4.57 Å². The highest BCUT2D eigenvalue weighted by Crippen LogP contribution is 2.14. The molecule has 0 amide bonds. The number of nitrogens with zero attached hydrogens (tertiary/aromatic N) is 3. The first-order chi connectivity index (χ1) is 8.78. The van der Waals surface area contributed by atoms with Gasteiger partial charge in [0.1, 0.15) is 11.6 Å². The molecule has 18 heavy (non-hydrogen) atoms. The van der Waals surface area contributed by atoms with Gasteiger partial charge >= 0.3 is 0 Å². The van der Waals surface area contributed by atoms with E-state index in [0.717, 1.165) is 42.2 Å². The second-order valence-electron chi connectivity index (χ2n) is 4.30. The van der Waals surface area contributed by atoms with Crippen molar-refractivity contribution in [3.05, 3.63) is 41.6 Å². The Kier molecular flexibility index (Phi) is 4.10. The van der Waals surface area contributed by atoms with Crippen LogP contribution in [-0.4, -0.2) is 19.6 Å². The fourth-order valence-corrected chi connectivity index (χ4v) is 1.98. The normalized spacial score (nSPS) is 10.8. The van der Waals surface area contributed by atoms with Crippen molar-refractivity contribution in [2.24, 2.45) is 0 Å². The first-order valence-electron chi connectivity index (χ1n) is 6.41. The molecule has 2 rings (SSSR count). The lowest BCUT2D eigenvalue weighted by Crippen LogP contribution is -2.05.